The van der Waals surface area contributed by atoms with Gasteiger partial charge in [0.05, 0.1) is 12.5 Å². The molecule has 1 atom stereocenters. The van der Waals surface area contributed by atoms with Crippen molar-refractivity contribution in [2.24, 2.45) is 0 Å². The van der Waals surface area contributed by atoms with Gasteiger partial charge in [0, 0.05) is 12.7 Å². The molecule has 0 aliphatic rings. The molecule has 22 heavy (non-hydrogen) atoms. The average molecular weight is 305 g/mol. The summed E-state index contributed by atoms with van der Waals surface area (Å²) in [4.78, 5) is 12.1. The van der Waals surface area contributed by atoms with Gasteiger partial charge in [-0.15, -0.1) is 0 Å². The Bertz CT molecular complexity index is 632. The highest BCUT2D eigenvalue weighted by Gasteiger charge is 2.15. The number of carbonyl (C=O) groups is 1. The summed E-state index contributed by atoms with van der Waals surface area (Å²) in [7, 11) is 0. The summed E-state index contributed by atoms with van der Waals surface area (Å²) < 4.78 is 26.4. The second-order valence-corrected chi connectivity index (χ2v) is 4.96. The summed E-state index contributed by atoms with van der Waals surface area (Å²) in [5, 5.41) is 11.9. The van der Waals surface area contributed by atoms with Gasteiger partial charge in [0.15, 0.2) is 0 Å². The lowest BCUT2D eigenvalue weighted by Crippen LogP contribution is -2.30. The van der Waals surface area contributed by atoms with E-state index in [-0.39, 0.29) is 30.5 Å². The van der Waals surface area contributed by atoms with E-state index in [9.17, 15) is 13.6 Å². The minimum absolute atomic E-state index is 0.0786. The van der Waals surface area contributed by atoms with Gasteiger partial charge in [0.1, 0.15) is 11.6 Å². The Kier molecular flexibility index (Phi) is 5.61. The first-order chi connectivity index (χ1) is 10.6. The third-order valence-electron chi connectivity index (χ3n) is 3.32. The van der Waals surface area contributed by atoms with Gasteiger partial charge in [-0.1, -0.05) is 36.4 Å². The Morgan fingerprint density at radius 1 is 1.14 bits per heavy atom. The highest BCUT2D eigenvalue weighted by molar-refractivity contribution is 5.79. The molecule has 0 aliphatic heterocycles. The van der Waals surface area contributed by atoms with Gasteiger partial charge >= 0.3 is 0 Å². The highest BCUT2D eigenvalue weighted by Crippen LogP contribution is 2.17. The second-order valence-electron chi connectivity index (χ2n) is 4.96. The maximum absolute atomic E-state index is 13.6. The first kappa shape index (κ1) is 16.1. The van der Waals surface area contributed by atoms with E-state index in [1.165, 1.54) is 6.07 Å². The molecule has 0 fully saturated rings. The Morgan fingerprint density at radius 2 is 1.86 bits per heavy atom. The molecule has 0 aromatic heterocycles. The number of rotatable bonds is 6. The molecule has 0 bridgehead atoms. The van der Waals surface area contributed by atoms with Gasteiger partial charge in [-0.3, -0.25) is 4.79 Å². The maximum atomic E-state index is 13.6. The Balaban J connectivity index is 2.05. The van der Waals surface area contributed by atoms with Crippen LogP contribution in [0.2, 0.25) is 0 Å². The van der Waals surface area contributed by atoms with E-state index in [1.807, 2.05) is 30.3 Å². The van der Waals surface area contributed by atoms with Gasteiger partial charge in [-0.25, -0.2) is 8.78 Å². The van der Waals surface area contributed by atoms with Crippen LogP contribution in [0.1, 0.15) is 23.6 Å². The number of benzene rings is 2. The molecule has 1 amide bonds. The molecule has 5 heteroatoms. The zero-order chi connectivity index (χ0) is 15.9. The first-order valence-corrected chi connectivity index (χ1v) is 6.99. The lowest BCUT2D eigenvalue weighted by Gasteiger charge is -2.18. The van der Waals surface area contributed by atoms with E-state index in [2.05, 4.69) is 5.32 Å². The highest BCUT2D eigenvalue weighted by atomic mass is 19.1. The number of aliphatic hydroxyl groups excluding tert-OH is 1. The number of hydrogen-bond acceptors (Lipinski definition) is 2. The third kappa shape index (κ3) is 4.36. The molecule has 0 heterocycles. The van der Waals surface area contributed by atoms with Gasteiger partial charge in [0.2, 0.25) is 5.91 Å². The molecule has 2 rings (SSSR count). The molecule has 0 radical (unpaired) electrons. The summed E-state index contributed by atoms with van der Waals surface area (Å²) in [6, 6.07) is 12.0. The zero-order valence-corrected chi connectivity index (χ0v) is 11.9. The van der Waals surface area contributed by atoms with E-state index < -0.39 is 11.6 Å². The van der Waals surface area contributed by atoms with Crippen LogP contribution in [0.15, 0.2) is 48.5 Å². The van der Waals surface area contributed by atoms with Crippen LogP contribution in [-0.4, -0.2) is 17.6 Å². The first-order valence-electron chi connectivity index (χ1n) is 6.99. The quantitative estimate of drug-likeness (QED) is 0.862. The fraction of sp³-hybridized carbons (Fsp3) is 0.235. The van der Waals surface area contributed by atoms with Gasteiger partial charge in [0.25, 0.3) is 0 Å². The Hall–Kier alpha value is -2.27. The SMILES string of the molecule is O=C(Cc1ccc(F)cc1F)NC(CCO)c1ccccc1. The monoisotopic (exact) mass is 305 g/mol. The molecule has 2 aromatic carbocycles. The molecule has 1 unspecified atom stereocenters. The third-order valence-corrected chi connectivity index (χ3v) is 3.32. The predicted molar refractivity (Wildman–Crippen MR) is 79.1 cm³/mol. The summed E-state index contributed by atoms with van der Waals surface area (Å²) in [5.41, 5.74) is 0.999. The molecule has 3 nitrogen and oxygen atoms in total. The van der Waals surface area contributed by atoms with Crippen LogP contribution in [0, 0.1) is 11.6 Å². The van der Waals surface area contributed by atoms with E-state index in [4.69, 9.17) is 5.11 Å². The van der Waals surface area contributed by atoms with E-state index in [0.717, 1.165) is 17.7 Å². The van der Waals surface area contributed by atoms with Crippen molar-refractivity contribution >= 4 is 5.91 Å². The van der Waals surface area contributed by atoms with Crippen LogP contribution in [0.25, 0.3) is 0 Å². The summed E-state index contributed by atoms with van der Waals surface area (Å²) in [5.74, 6) is -1.80. The second kappa shape index (κ2) is 7.66. The fourth-order valence-corrected chi connectivity index (χ4v) is 2.22. The van der Waals surface area contributed by atoms with Gasteiger partial charge in [-0.2, -0.15) is 0 Å². The molecule has 0 spiro atoms. The topological polar surface area (TPSA) is 49.3 Å². The number of nitrogens with one attached hydrogen (secondary N) is 1. The van der Waals surface area contributed by atoms with Crippen molar-refractivity contribution in [1.29, 1.82) is 0 Å². The predicted octanol–water partition coefficient (Wildman–Crippen LogP) is 2.75. The van der Waals surface area contributed by atoms with Crippen molar-refractivity contribution in [3.8, 4) is 0 Å². The standard InChI is InChI=1S/C17H17F2NO2/c18-14-7-6-13(15(19)11-14)10-17(22)20-16(8-9-21)12-4-2-1-3-5-12/h1-7,11,16,21H,8-10H2,(H,20,22). The molecule has 0 saturated carbocycles. The summed E-state index contributed by atoms with van der Waals surface area (Å²) in [6.45, 7) is -0.0786. The minimum atomic E-state index is -0.742. The van der Waals surface area contributed by atoms with Gasteiger partial charge in [-0.05, 0) is 23.6 Å². The number of carbonyl (C=O) groups excluding carboxylic acids is 1. The summed E-state index contributed by atoms with van der Waals surface area (Å²) in [6.07, 6.45) is 0.183. The zero-order valence-electron chi connectivity index (χ0n) is 11.9. The van der Waals surface area contributed by atoms with Crippen LogP contribution in [0.4, 0.5) is 8.78 Å². The van der Waals surface area contributed by atoms with Crippen LogP contribution in [0.5, 0.6) is 0 Å². The van der Waals surface area contributed by atoms with E-state index >= 15 is 0 Å². The molecule has 0 aliphatic carbocycles. The molecular formula is C17H17F2NO2. The summed E-state index contributed by atoms with van der Waals surface area (Å²) >= 11 is 0. The van der Waals surface area contributed by atoms with Crippen LogP contribution in [-0.2, 0) is 11.2 Å². The Labute approximate surface area is 127 Å². The van der Waals surface area contributed by atoms with Crippen molar-refractivity contribution in [3.05, 3.63) is 71.3 Å². The maximum Gasteiger partial charge on any atom is 0.225 e. The van der Waals surface area contributed by atoms with E-state index in [1.54, 1.807) is 0 Å². The number of halogens is 2. The lowest BCUT2D eigenvalue weighted by molar-refractivity contribution is -0.121. The molecule has 2 aromatic rings. The molecule has 116 valence electrons. The van der Waals surface area contributed by atoms with Crippen molar-refractivity contribution in [3.63, 3.8) is 0 Å². The lowest BCUT2D eigenvalue weighted by atomic mass is 10.0. The van der Waals surface area contributed by atoms with Crippen molar-refractivity contribution in [2.45, 2.75) is 18.9 Å². The number of hydrogen-bond donors (Lipinski definition) is 2. The van der Waals surface area contributed by atoms with Crippen LogP contribution in [0.3, 0.4) is 0 Å². The number of amides is 1. The Morgan fingerprint density at radius 3 is 2.50 bits per heavy atom. The molecule has 0 saturated heterocycles. The smallest absolute Gasteiger partial charge is 0.225 e. The molecular weight excluding hydrogens is 288 g/mol. The van der Waals surface area contributed by atoms with Gasteiger partial charge < -0.3 is 10.4 Å². The van der Waals surface area contributed by atoms with E-state index in [0.29, 0.717) is 6.42 Å². The van der Waals surface area contributed by atoms with Crippen LogP contribution >= 0.6 is 0 Å². The molecule has 2 N–H and O–H groups in total. The van der Waals surface area contributed by atoms with Crippen molar-refractivity contribution in [2.75, 3.05) is 6.61 Å². The van der Waals surface area contributed by atoms with Crippen molar-refractivity contribution < 1.29 is 18.7 Å². The average Bonchev–Trinajstić information content (AvgIpc) is 2.50. The minimum Gasteiger partial charge on any atom is -0.396 e. The number of aliphatic hydroxyl groups is 1. The normalized spacial score (nSPS) is 12.0. The fourth-order valence-electron chi connectivity index (χ4n) is 2.22. The largest absolute Gasteiger partial charge is 0.396 e. The van der Waals surface area contributed by atoms with Crippen LogP contribution < -0.4 is 5.32 Å². The van der Waals surface area contributed by atoms with Crippen molar-refractivity contribution in [1.82, 2.24) is 5.32 Å².